The Balaban J connectivity index is 4.94. The highest BCUT2D eigenvalue weighted by atomic mass is 16.5. The highest BCUT2D eigenvalue weighted by molar-refractivity contribution is 4.95. The summed E-state index contributed by atoms with van der Waals surface area (Å²) in [7, 11) is 4.80. The van der Waals surface area contributed by atoms with Gasteiger partial charge in [0.15, 0.2) is 0 Å². The molecule has 3 nitrogen and oxygen atoms in total. The van der Waals surface area contributed by atoms with Crippen LogP contribution in [0.4, 0.5) is 0 Å². The van der Waals surface area contributed by atoms with E-state index in [4.69, 9.17) is 4.74 Å². The molecule has 0 bridgehead atoms. The fourth-order valence-electron chi connectivity index (χ4n) is 11.6. The first-order valence-corrected chi connectivity index (χ1v) is 37.8. The van der Waals surface area contributed by atoms with Crippen LogP contribution in [-0.4, -0.2) is 62.3 Å². The molecule has 0 radical (unpaired) electrons. The van der Waals surface area contributed by atoms with Gasteiger partial charge in [-0.1, -0.05) is 305 Å². The highest BCUT2D eigenvalue weighted by Gasteiger charge is 2.16. The summed E-state index contributed by atoms with van der Waals surface area (Å²) in [5.41, 5.74) is 0. The van der Waals surface area contributed by atoms with Gasteiger partial charge in [-0.2, -0.15) is 0 Å². The lowest BCUT2D eigenvalue weighted by Crippen LogP contribution is -2.38. The van der Waals surface area contributed by atoms with Crippen molar-refractivity contribution < 1.29 is 4.74 Å². The van der Waals surface area contributed by atoms with Gasteiger partial charge in [0.1, 0.15) is 0 Å². The van der Waals surface area contributed by atoms with Crippen LogP contribution >= 0.6 is 0 Å². The molecule has 0 atom stereocenters. The van der Waals surface area contributed by atoms with Crippen molar-refractivity contribution in [1.82, 2.24) is 9.80 Å². The second-order valence-corrected chi connectivity index (χ2v) is 25.8. The number of rotatable bonds is 69. The summed E-state index contributed by atoms with van der Waals surface area (Å²) in [6.07, 6.45) is 108. The smallest absolute Gasteiger partial charge is 0.0575 e. The number of allylic oxidation sites excluding steroid dienone is 16. The second kappa shape index (κ2) is 73.3. The number of likely N-dealkylation sites (N-methyl/N-ethyl adjacent to an activating group) is 2. The van der Waals surface area contributed by atoms with E-state index < -0.39 is 0 Å². The quantitative estimate of drug-likeness (QED) is 0.0446. The van der Waals surface area contributed by atoms with Crippen molar-refractivity contribution in [3.8, 4) is 0 Å². The first-order chi connectivity index (χ1) is 41.6. The number of ether oxygens (including phenoxy) is 1. The fraction of sp³-hybridized carbons (Fsp3) is 0.802. The first kappa shape index (κ1) is 81.8. The van der Waals surface area contributed by atoms with Crippen molar-refractivity contribution in [1.29, 1.82) is 0 Å². The number of hydrogen-bond donors (Lipinski definition) is 0. The van der Waals surface area contributed by atoms with E-state index in [1.165, 1.54) is 315 Å². The zero-order valence-electron chi connectivity index (χ0n) is 58.0. The molecule has 0 spiro atoms. The van der Waals surface area contributed by atoms with Crippen molar-refractivity contribution in [2.24, 2.45) is 0 Å². The molecule has 0 rings (SSSR count). The molecule has 0 saturated carbocycles. The van der Waals surface area contributed by atoms with Gasteiger partial charge in [-0.15, -0.1) is 0 Å². The average Bonchev–Trinajstić information content (AvgIpc) is 3.50. The molecule has 0 aromatic heterocycles. The first-order valence-electron chi connectivity index (χ1n) is 37.8. The molecular formula is C81H150N2O. The molecule has 0 saturated heterocycles. The van der Waals surface area contributed by atoms with Gasteiger partial charge < -0.3 is 14.5 Å². The molecule has 0 aliphatic heterocycles. The van der Waals surface area contributed by atoms with Crippen LogP contribution in [0.2, 0.25) is 0 Å². The maximum Gasteiger partial charge on any atom is 0.0575 e. The van der Waals surface area contributed by atoms with E-state index in [1.54, 1.807) is 0 Å². The topological polar surface area (TPSA) is 15.7 Å². The summed E-state index contributed by atoms with van der Waals surface area (Å²) in [5, 5.41) is 0. The zero-order valence-corrected chi connectivity index (χ0v) is 58.0. The molecular weight excluding hydrogens is 1020 g/mol. The van der Waals surface area contributed by atoms with Gasteiger partial charge in [0.25, 0.3) is 0 Å². The summed E-state index contributed by atoms with van der Waals surface area (Å²) in [6.45, 7) is 13.5. The van der Waals surface area contributed by atoms with Gasteiger partial charge in [0.05, 0.1) is 6.10 Å². The van der Waals surface area contributed by atoms with E-state index in [2.05, 4.69) is 149 Å². The molecule has 0 aliphatic carbocycles. The van der Waals surface area contributed by atoms with Crippen LogP contribution in [0.5, 0.6) is 0 Å². The molecule has 0 unspecified atom stereocenters. The fourth-order valence-corrected chi connectivity index (χ4v) is 11.6. The van der Waals surface area contributed by atoms with E-state index in [-0.39, 0.29) is 0 Å². The summed E-state index contributed by atoms with van der Waals surface area (Å²) < 4.78 is 6.78. The molecule has 0 aromatic rings. The van der Waals surface area contributed by atoms with Crippen LogP contribution in [0.1, 0.15) is 368 Å². The zero-order chi connectivity index (χ0) is 60.6. The third kappa shape index (κ3) is 67.3. The monoisotopic (exact) mass is 1170 g/mol. The molecule has 0 heterocycles. The van der Waals surface area contributed by atoms with Gasteiger partial charge in [0.2, 0.25) is 0 Å². The largest absolute Gasteiger partial charge is 0.378 e. The van der Waals surface area contributed by atoms with E-state index in [0.29, 0.717) is 6.10 Å². The van der Waals surface area contributed by atoms with Crippen LogP contribution in [0.3, 0.4) is 0 Å². The minimum Gasteiger partial charge on any atom is -0.378 e. The summed E-state index contributed by atoms with van der Waals surface area (Å²) in [5.74, 6) is 0. The predicted molar refractivity (Wildman–Crippen MR) is 384 cm³/mol. The SMILES string of the molecule is CCCCC/C=C\C/C=C\CCCCCCCCC(CCCCCCCC/C=C\C/C=C\CCCCC)OCCCN(C)CCN(C)C(CCCCCCCC/C=C\C/C=C\CCCCC)CCCCCCCC/C=C\C/C=C\CCCCC. The Morgan fingerprint density at radius 2 is 0.500 bits per heavy atom. The van der Waals surface area contributed by atoms with E-state index in [9.17, 15) is 0 Å². The Hall–Kier alpha value is -2.20. The lowest BCUT2D eigenvalue weighted by molar-refractivity contribution is 0.0331. The predicted octanol–water partition coefficient (Wildman–Crippen LogP) is 26.8. The lowest BCUT2D eigenvalue weighted by atomic mass is 9.98. The molecule has 0 aliphatic rings. The maximum absolute atomic E-state index is 6.78. The van der Waals surface area contributed by atoms with Crippen LogP contribution in [-0.2, 0) is 4.74 Å². The van der Waals surface area contributed by atoms with Gasteiger partial charge in [-0.05, 0) is 175 Å². The van der Waals surface area contributed by atoms with Gasteiger partial charge >= 0.3 is 0 Å². The number of unbranched alkanes of at least 4 members (excludes halogenated alkanes) is 36. The van der Waals surface area contributed by atoms with Crippen LogP contribution in [0.25, 0.3) is 0 Å². The standard InChI is InChI=1S/C81H150N2O/c1-7-11-15-19-23-27-31-35-39-43-47-51-55-59-63-67-72-80(73-68-64-60-56-52-48-44-40-36-32-28-24-20-16-12-8-2)83(6)78-77-82(5)76-71-79-84-81(74-69-65-61-57-53-49-45-41-37-33-29-25-21-17-13-9-3)75-70-66-62-58-54-50-46-42-38-34-30-26-22-18-14-10-4/h23-30,35-42,80-81H,7-22,31-34,43-79H2,1-6H3/b27-23-,28-24-,29-25-,30-26-,39-35-,40-36-,41-37-,42-38-. The summed E-state index contributed by atoms with van der Waals surface area (Å²) in [4.78, 5) is 5.35. The normalized spacial score (nSPS) is 12.8. The van der Waals surface area contributed by atoms with Gasteiger partial charge in [-0.3, -0.25) is 0 Å². The van der Waals surface area contributed by atoms with Crippen molar-refractivity contribution in [3.05, 3.63) is 97.2 Å². The van der Waals surface area contributed by atoms with Crippen molar-refractivity contribution in [2.75, 3.05) is 40.3 Å². The minimum atomic E-state index is 0.443. The Morgan fingerprint density at radius 1 is 0.250 bits per heavy atom. The summed E-state index contributed by atoms with van der Waals surface area (Å²) >= 11 is 0. The molecule has 0 fully saturated rings. The Labute approximate surface area is 529 Å². The van der Waals surface area contributed by atoms with E-state index in [0.717, 1.165) is 57.8 Å². The Kier molecular flexibility index (Phi) is 71.4. The van der Waals surface area contributed by atoms with Gasteiger partial charge in [0, 0.05) is 32.3 Å². The molecule has 490 valence electrons. The number of hydrogen-bond acceptors (Lipinski definition) is 3. The maximum atomic E-state index is 6.78. The number of nitrogens with zero attached hydrogens (tertiary/aromatic N) is 2. The molecule has 0 aromatic carbocycles. The van der Waals surface area contributed by atoms with Crippen molar-refractivity contribution in [2.45, 2.75) is 380 Å². The third-order valence-electron chi connectivity index (χ3n) is 17.4. The average molecular weight is 1170 g/mol. The third-order valence-corrected chi connectivity index (χ3v) is 17.4. The molecule has 84 heavy (non-hydrogen) atoms. The highest BCUT2D eigenvalue weighted by Crippen LogP contribution is 2.21. The lowest BCUT2D eigenvalue weighted by Gasteiger charge is -2.30. The molecule has 0 N–H and O–H groups in total. The van der Waals surface area contributed by atoms with Gasteiger partial charge in [-0.25, -0.2) is 0 Å². The Morgan fingerprint density at radius 3 is 0.786 bits per heavy atom. The molecule has 3 heteroatoms. The van der Waals surface area contributed by atoms with Crippen LogP contribution in [0.15, 0.2) is 97.2 Å². The van der Waals surface area contributed by atoms with Crippen LogP contribution in [0, 0.1) is 0 Å². The van der Waals surface area contributed by atoms with Crippen LogP contribution < -0.4 is 0 Å². The van der Waals surface area contributed by atoms with E-state index >= 15 is 0 Å². The van der Waals surface area contributed by atoms with Crippen molar-refractivity contribution >= 4 is 0 Å². The second-order valence-electron chi connectivity index (χ2n) is 25.8. The summed E-state index contributed by atoms with van der Waals surface area (Å²) in [6, 6.07) is 0.721. The van der Waals surface area contributed by atoms with Crippen molar-refractivity contribution in [3.63, 3.8) is 0 Å². The molecule has 0 amide bonds. The van der Waals surface area contributed by atoms with E-state index in [1.807, 2.05) is 0 Å². The Bertz CT molecular complexity index is 1390. The minimum absolute atomic E-state index is 0.443.